The summed E-state index contributed by atoms with van der Waals surface area (Å²) in [6.07, 6.45) is 0.860. The Kier molecular flexibility index (Phi) is 5.06. The molecule has 5 heteroatoms. The molecule has 1 amide bonds. The summed E-state index contributed by atoms with van der Waals surface area (Å²) in [4.78, 5) is 25.1. The smallest absolute Gasteiger partial charge is 0.305 e. The van der Waals surface area contributed by atoms with Gasteiger partial charge in [-0.3, -0.25) is 9.59 Å². The van der Waals surface area contributed by atoms with Crippen LogP contribution >= 0.6 is 11.8 Å². The molecule has 2 rings (SSSR count). The second-order valence-corrected chi connectivity index (χ2v) is 6.13. The third-order valence-electron chi connectivity index (χ3n) is 3.50. The summed E-state index contributed by atoms with van der Waals surface area (Å²) in [5.74, 6) is 1.06. The lowest BCUT2D eigenvalue weighted by Gasteiger charge is -2.26. The molecule has 0 aliphatic carbocycles. The first-order valence-corrected chi connectivity index (χ1v) is 7.91. The number of anilines is 1. The molecule has 1 saturated heterocycles. The van der Waals surface area contributed by atoms with Crippen molar-refractivity contribution >= 4 is 29.3 Å². The van der Waals surface area contributed by atoms with E-state index >= 15 is 0 Å². The lowest BCUT2D eigenvalue weighted by Crippen LogP contribution is -2.38. The van der Waals surface area contributed by atoms with E-state index < -0.39 is 5.97 Å². The molecule has 1 aromatic carbocycles. The zero-order valence-electron chi connectivity index (χ0n) is 11.5. The molecule has 20 heavy (non-hydrogen) atoms. The van der Waals surface area contributed by atoms with Crippen LogP contribution in [-0.4, -0.2) is 35.0 Å². The van der Waals surface area contributed by atoms with Gasteiger partial charge in [-0.25, -0.2) is 0 Å². The molecule has 1 unspecified atom stereocenters. The molecule has 1 heterocycles. The first-order valence-electron chi connectivity index (χ1n) is 6.76. The second-order valence-electron chi connectivity index (χ2n) is 4.98. The number of aliphatic carboxylic acids is 1. The summed E-state index contributed by atoms with van der Waals surface area (Å²) in [5.41, 5.74) is 1.83. The van der Waals surface area contributed by atoms with E-state index in [1.54, 1.807) is 16.7 Å². The summed E-state index contributed by atoms with van der Waals surface area (Å²) in [6.45, 7) is 2.18. The molecule has 0 aromatic heterocycles. The molecule has 1 aliphatic heterocycles. The van der Waals surface area contributed by atoms with Crippen LogP contribution in [0, 0.1) is 12.8 Å². The lowest BCUT2D eigenvalue weighted by molar-refractivity contribution is -0.136. The number of benzene rings is 1. The maximum atomic E-state index is 12.6. The van der Waals surface area contributed by atoms with Crippen LogP contribution in [0.15, 0.2) is 24.3 Å². The van der Waals surface area contributed by atoms with Crippen LogP contribution in [-0.2, 0) is 9.59 Å². The van der Waals surface area contributed by atoms with Gasteiger partial charge in [0.05, 0.1) is 6.42 Å². The lowest BCUT2D eigenvalue weighted by atomic mass is 10.1. The molecule has 1 atom stereocenters. The van der Waals surface area contributed by atoms with E-state index in [2.05, 4.69) is 0 Å². The fraction of sp³-hybridized carbons (Fsp3) is 0.467. The Morgan fingerprint density at radius 2 is 2.15 bits per heavy atom. The number of hydrogen-bond acceptors (Lipinski definition) is 3. The van der Waals surface area contributed by atoms with Crippen molar-refractivity contribution < 1.29 is 14.7 Å². The molecular formula is C15H19NO3S. The SMILES string of the molecule is Cc1ccccc1N(CCC(=O)O)C(=O)C1CCSC1. The number of amides is 1. The summed E-state index contributed by atoms with van der Waals surface area (Å²) in [5, 5.41) is 8.88. The molecule has 108 valence electrons. The summed E-state index contributed by atoms with van der Waals surface area (Å²) in [7, 11) is 0. The van der Waals surface area contributed by atoms with Gasteiger partial charge in [-0.05, 0) is 30.7 Å². The highest BCUT2D eigenvalue weighted by Gasteiger charge is 2.29. The van der Waals surface area contributed by atoms with Gasteiger partial charge in [0.1, 0.15) is 0 Å². The first kappa shape index (κ1) is 14.9. The molecule has 0 saturated carbocycles. The van der Waals surface area contributed by atoms with Gasteiger partial charge in [-0.2, -0.15) is 11.8 Å². The third kappa shape index (κ3) is 3.54. The molecule has 4 nitrogen and oxygen atoms in total. The van der Waals surface area contributed by atoms with Gasteiger partial charge in [0.2, 0.25) is 5.91 Å². The number of hydrogen-bond donors (Lipinski definition) is 1. The van der Waals surface area contributed by atoms with E-state index in [0.717, 1.165) is 29.2 Å². The maximum Gasteiger partial charge on any atom is 0.305 e. The molecule has 1 N–H and O–H groups in total. The van der Waals surface area contributed by atoms with Gasteiger partial charge in [-0.1, -0.05) is 18.2 Å². The zero-order chi connectivity index (χ0) is 14.5. The van der Waals surface area contributed by atoms with Gasteiger partial charge in [0, 0.05) is 23.9 Å². The average Bonchev–Trinajstić information content (AvgIpc) is 2.94. The highest BCUT2D eigenvalue weighted by Crippen LogP contribution is 2.28. The van der Waals surface area contributed by atoms with Gasteiger partial charge < -0.3 is 10.0 Å². The first-order chi connectivity index (χ1) is 9.59. The van der Waals surface area contributed by atoms with E-state index in [4.69, 9.17) is 5.11 Å². The van der Waals surface area contributed by atoms with E-state index in [0.29, 0.717) is 0 Å². The molecule has 1 fully saturated rings. The minimum absolute atomic E-state index is 0.0217. The Bertz CT molecular complexity index is 498. The Hall–Kier alpha value is -1.49. The number of carboxylic acid groups (broad SMARTS) is 1. The number of aryl methyl sites for hydroxylation is 1. The number of carboxylic acids is 1. The van der Waals surface area contributed by atoms with Gasteiger partial charge in [0.25, 0.3) is 0 Å². The minimum atomic E-state index is -0.878. The van der Waals surface area contributed by atoms with Crippen LogP contribution in [0.25, 0.3) is 0 Å². The number of carbonyl (C=O) groups excluding carboxylic acids is 1. The van der Waals surface area contributed by atoms with E-state index in [1.807, 2.05) is 31.2 Å². The molecular weight excluding hydrogens is 274 g/mol. The fourth-order valence-corrected chi connectivity index (χ4v) is 3.58. The van der Waals surface area contributed by atoms with Crippen molar-refractivity contribution in [2.24, 2.45) is 5.92 Å². The molecule has 1 aliphatic rings. The van der Waals surface area contributed by atoms with Gasteiger partial charge in [-0.15, -0.1) is 0 Å². The van der Waals surface area contributed by atoms with Crippen molar-refractivity contribution in [1.82, 2.24) is 0 Å². The van der Waals surface area contributed by atoms with Crippen molar-refractivity contribution in [2.75, 3.05) is 23.0 Å². The predicted octanol–water partition coefficient (Wildman–Crippen LogP) is 2.56. The highest BCUT2D eigenvalue weighted by molar-refractivity contribution is 7.99. The van der Waals surface area contributed by atoms with Gasteiger partial charge >= 0.3 is 5.97 Å². The Morgan fingerprint density at radius 3 is 2.75 bits per heavy atom. The monoisotopic (exact) mass is 293 g/mol. The number of nitrogens with zero attached hydrogens (tertiary/aromatic N) is 1. The van der Waals surface area contributed by atoms with Crippen molar-refractivity contribution in [3.63, 3.8) is 0 Å². The highest BCUT2D eigenvalue weighted by atomic mass is 32.2. The van der Waals surface area contributed by atoms with Crippen molar-refractivity contribution in [3.8, 4) is 0 Å². The molecule has 0 spiro atoms. The summed E-state index contributed by atoms with van der Waals surface area (Å²) >= 11 is 1.79. The average molecular weight is 293 g/mol. The quantitative estimate of drug-likeness (QED) is 0.906. The van der Waals surface area contributed by atoms with Crippen molar-refractivity contribution in [2.45, 2.75) is 19.8 Å². The normalized spacial score (nSPS) is 17.9. The molecule has 0 radical (unpaired) electrons. The third-order valence-corrected chi connectivity index (χ3v) is 4.66. The Balaban J connectivity index is 2.21. The Labute approximate surface area is 123 Å². The standard InChI is InChI=1S/C15H19NO3S/c1-11-4-2-3-5-13(11)16(8-6-14(17)18)15(19)12-7-9-20-10-12/h2-5,12H,6-10H2,1H3,(H,17,18). The second kappa shape index (κ2) is 6.79. The molecule has 0 bridgehead atoms. The van der Waals surface area contributed by atoms with Crippen molar-refractivity contribution in [3.05, 3.63) is 29.8 Å². The minimum Gasteiger partial charge on any atom is -0.481 e. The van der Waals surface area contributed by atoms with Gasteiger partial charge in [0.15, 0.2) is 0 Å². The largest absolute Gasteiger partial charge is 0.481 e. The van der Waals surface area contributed by atoms with Crippen LogP contribution in [0.3, 0.4) is 0 Å². The van der Waals surface area contributed by atoms with Crippen molar-refractivity contribution in [1.29, 1.82) is 0 Å². The summed E-state index contributed by atoms with van der Waals surface area (Å²) in [6, 6.07) is 7.63. The van der Waals surface area contributed by atoms with Crippen LogP contribution in [0.4, 0.5) is 5.69 Å². The van der Waals surface area contributed by atoms with Crippen LogP contribution < -0.4 is 4.90 Å². The van der Waals surface area contributed by atoms with Crippen LogP contribution in [0.2, 0.25) is 0 Å². The zero-order valence-corrected chi connectivity index (χ0v) is 12.4. The fourth-order valence-electron chi connectivity index (χ4n) is 2.37. The van der Waals surface area contributed by atoms with E-state index in [-0.39, 0.29) is 24.8 Å². The summed E-state index contributed by atoms with van der Waals surface area (Å²) < 4.78 is 0. The van der Waals surface area contributed by atoms with E-state index in [1.165, 1.54) is 0 Å². The topological polar surface area (TPSA) is 57.6 Å². The van der Waals surface area contributed by atoms with Crippen LogP contribution in [0.1, 0.15) is 18.4 Å². The predicted molar refractivity (Wildman–Crippen MR) is 81.2 cm³/mol. The number of para-hydroxylation sites is 1. The molecule has 1 aromatic rings. The maximum absolute atomic E-state index is 12.6. The van der Waals surface area contributed by atoms with E-state index in [9.17, 15) is 9.59 Å². The number of carbonyl (C=O) groups is 2. The number of thioether (sulfide) groups is 1. The number of rotatable bonds is 5. The van der Waals surface area contributed by atoms with Crippen LogP contribution in [0.5, 0.6) is 0 Å². The Morgan fingerprint density at radius 1 is 1.40 bits per heavy atom.